The van der Waals surface area contributed by atoms with Crippen molar-refractivity contribution < 1.29 is 28.9 Å². The molecule has 1 fully saturated rings. The highest BCUT2D eigenvalue weighted by Gasteiger charge is 2.54. The van der Waals surface area contributed by atoms with Crippen LogP contribution in [0, 0.1) is 0 Å². The third kappa shape index (κ3) is 4.86. The fourth-order valence-electron chi connectivity index (χ4n) is 1.79. The van der Waals surface area contributed by atoms with Crippen molar-refractivity contribution in [2.75, 3.05) is 13.2 Å². The van der Waals surface area contributed by atoms with E-state index in [0.29, 0.717) is 0 Å². The molecule has 0 saturated carbocycles. The number of nitrogens with one attached hydrogen (secondary N) is 1. The number of aliphatic hydroxyl groups excluding tert-OH is 1. The first-order chi connectivity index (χ1) is 9.36. The lowest BCUT2D eigenvalue weighted by atomic mass is 9.95. The van der Waals surface area contributed by atoms with Crippen molar-refractivity contribution in [1.29, 1.82) is 0 Å². The van der Waals surface area contributed by atoms with Gasteiger partial charge in [0, 0.05) is 0 Å². The lowest BCUT2D eigenvalue weighted by molar-refractivity contribution is -0.166. The van der Waals surface area contributed by atoms with Gasteiger partial charge < -0.3 is 24.6 Å². The monoisotopic (exact) mass is 303 g/mol. The molecule has 0 aliphatic carbocycles. The molecule has 0 unspecified atom stereocenters. The molecule has 21 heavy (non-hydrogen) atoms. The highest BCUT2D eigenvalue weighted by molar-refractivity contribution is 5.87. The van der Waals surface area contributed by atoms with Crippen LogP contribution in [0.25, 0.3) is 0 Å². The molecule has 0 aromatic carbocycles. The van der Waals surface area contributed by atoms with E-state index in [1.807, 2.05) is 0 Å². The average molecular weight is 303 g/mol. The number of hydrogen-bond donors (Lipinski definition) is 2. The molecule has 0 aromatic heterocycles. The normalized spacial score (nSPS) is 26.3. The van der Waals surface area contributed by atoms with Crippen molar-refractivity contribution in [3.8, 4) is 0 Å². The second-order valence-corrected chi connectivity index (χ2v) is 7.13. The fourth-order valence-corrected chi connectivity index (χ4v) is 1.79. The van der Waals surface area contributed by atoms with Crippen molar-refractivity contribution in [3.63, 3.8) is 0 Å². The maximum Gasteiger partial charge on any atom is 0.408 e. The highest BCUT2D eigenvalue weighted by Crippen LogP contribution is 2.24. The number of carbonyl (C=O) groups is 2. The summed E-state index contributed by atoms with van der Waals surface area (Å²) in [4.78, 5) is 24.3. The summed E-state index contributed by atoms with van der Waals surface area (Å²) < 4.78 is 15.5. The van der Waals surface area contributed by atoms with E-state index >= 15 is 0 Å². The number of carbonyl (C=O) groups excluding carboxylic acids is 2. The maximum atomic E-state index is 12.4. The minimum atomic E-state index is -1.64. The van der Waals surface area contributed by atoms with Crippen molar-refractivity contribution in [3.05, 3.63) is 0 Å². The summed E-state index contributed by atoms with van der Waals surface area (Å²) in [5.41, 5.74) is -3.11. The Morgan fingerprint density at radius 2 is 1.67 bits per heavy atom. The number of alkyl carbamates (subject to hydrolysis) is 1. The molecule has 7 heteroatoms. The zero-order valence-corrected chi connectivity index (χ0v) is 13.5. The predicted octanol–water partition coefficient (Wildman–Crippen LogP) is 0.983. The third-order valence-electron chi connectivity index (χ3n) is 2.66. The van der Waals surface area contributed by atoms with E-state index < -0.39 is 34.9 Å². The molecule has 0 bridgehead atoms. The minimum absolute atomic E-state index is 0.0605. The largest absolute Gasteiger partial charge is 0.458 e. The summed E-state index contributed by atoms with van der Waals surface area (Å²) >= 11 is 0. The van der Waals surface area contributed by atoms with Crippen molar-refractivity contribution in [1.82, 2.24) is 5.32 Å². The summed E-state index contributed by atoms with van der Waals surface area (Å²) in [6.45, 7) is 9.99. The zero-order chi connectivity index (χ0) is 16.5. The Balaban J connectivity index is 2.90. The summed E-state index contributed by atoms with van der Waals surface area (Å²) in [7, 11) is 0. The quantitative estimate of drug-likeness (QED) is 0.739. The molecular formula is C14H25NO6. The van der Waals surface area contributed by atoms with E-state index in [-0.39, 0.29) is 13.2 Å². The molecule has 2 atom stereocenters. The SMILES string of the molecule is CC(C)(C)OC(=O)N[C@]1(C(=O)OC(C)(C)C)COC[C@@H]1O. The molecule has 1 aliphatic heterocycles. The summed E-state index contributed by atoms with van der Waals surface area (Å²) in [6, 6.07) is 0. The Morgan fingerprint density at radius 1 is 1.14 bits per heavy atom. The molecular weight excluding hydrogens is 278 g/mol. The lowest BCUT2D eigenvalue weighted by Gasteiger charge is -2.33. The molecule has 122 valence electrons. The van der Waals surface area contributed by atoms with Gasteiger partial charge in [-0.1, -0.05) is 0 Å². The Labute approximate surface area is 124 Å². The number of ether oxygens (including phenoxy) is 3. The minimum Gasteiger partial charge on any atom is -0.458 e. The first kappa shape index (κ1) is 17.7. The van der Waals surface area contributed by atoms with Crippen molar-refractivity contribution in [2.45, 2.75) is 64.4 Å². The molecule has 1 rings (SSSR count). The van der Waals surface area contributed by atoms with Crippen LogP contribution in [0.5, 0.6) is 0 Å². The highest BCUT2D eigenvalue weighted by atomic mass is 16.6. The smallest absolute Gasteiger partial charge is 0.408 e. The van der Waals surface area contributed by atoms with Crippen LogP contribution < -0.4 is 5.32 Å². The van der Waals surface area contributed by atoms with E-state index in [4.69, 9.17) is 14.2 Å². The van der Waals surface area contributed by atoms with Crippen LogP contribution in [-0.4, -0.2) is 53.2 Å². The van der Waals surface area contributed by atoms with Gasteiger partial charge in [0.25, 0.3) is 0 Å². The van der Waals surface area contributed by atoms with Crippen LogP contribution in [-0.2, 0) is 19.0 Å². The standard InChI is InChI=1S/C14H25NO6/c1-12(2,3)20-10(17)14(8-19-7-9(14)16)15-11(18)21-13(4,5)6/h9,16H,7-8H2,1-6H3,(H,15,18)/t9-,14+/m0/s1. The number of rotatable bonds is 2. The second-order valence-electron chi connectivity index (χ2n) is 7.13. The van der Waals surface area contributed by atoms with Crippen molar-refractivity contribution >= 4 is 12.1 Å². The van der Waals surface area contributed by atoms with Gasteiger partial charge in [-0.2, -0.15) is 0 Å². The predicted molar refractivity (Wildman–Crippen MR) is 74.8 cm³/mol. The molecule has 1 aliphatic rings. The van der Waals surface area contributed by atoms with Gasteiger partial charge in [0.2, 0.25) is 0 Å². The van der Waals surface area contributed by atoms with Crippen LogP contribution in [0.1, 0.15) is 41.5 Å². The van der Waals surface area contributed by atoms with Gasteiger partial charge >= 0.3 is 12.1 Å². The second kappa shape index (κ2) is 5.81. The van der Waals surface area contributed by atoms with E-state index in [9.17, 15) is 14.7 Å². The molecule has 1 amide bonds. The Kier molecular flexibility index (Phi) is 4.90. The van der Waals surface area contributed by atoms with E-state index in [1.165, 1.54) is 0 Å². The van der Waals surface area contributed by atoms with Gasteiger partial charge in [0.15, 0.2) is 5.54 Å². The molecule has 7 nitrogen and oxygen atoms in total. The zero-order valence-electron chi connectivity index (χ0n) is 13.5. The summed E-state index contributed by atoms with van der Waals surface area (Å²) in [6.07, 6.45) is -2.00. The van der Waals surface area contributed by atoms with Gasteiger partial charge in [0.1, 0.15) is 17.3 Å². The van der Waals surface area contributed by atoms with Gasteiger partial charge in [0.05, 0.1) is 13.2 Å². The van der Waals surface area contributed by atoms with Crippen LogP contribution in [0.15, 0.2) is 0 Å². The van der Waals surface area contributed by atoms with E-state index in [2.05, 4.69) is 5.32 Å². The van der Waals surface area contributed by atoms with Gasteiger partial charge in [-0.3, -0.25) is 0 Å². The molecule has 1 heterocycles. The summed E-state index contributed by atoms with van der Waals surface area (Å²) in [5.74, 6) is -0.745. The molecule has 0 aromatic rings. The van der Waals surface area contributed by atoms with Crippen LogP contribution in [0.2, 0.25) is 0 Å². The topological polar surface area (TPSA) is 94.1 Å². The first-order valence-electron chi connectivity index (χ1n) is 6.86. The fraction of sp³-hybridized carbons (Fsp3) is 0.857. The first-order valence-corrected chi connectivity index (χ1v) is 6.86. The van der Waals surface area contributed by atoms with Crippen LogP contribution in [0.3, 0.4) is 0 Å². The van der Waals surface area contributed by atoms with Crippen LogP contribution in [0.4, 0.5) is 4.79 Å². The van der Waals surface area contributed by atoms with Crippen molar-refractivity contribution in [2.24, 2.45) is 0 Å². The molecule has 0 spiro atoms. The van der Waals surface area contributed by atoms with E-state index in [0.717, 1.165) is 0 Å². The molecule has 2 N–H and O–H groups in total. The average Bonchev–Trinajstić information content (AvgIpc) is 2.55. The maximum absolute atomic E-state index is 12.4. The number of amides is 1. The number of aliphatic hydroxyl groups is 1. The lowest BCUT2D eigenvalue weighted by Crippen LogP contribution is -2.63. The van der Waals surface area contributed by atoms with E-state index in [1.54, 1.807) is 41.5 Å². The third-order valence-corrected chi connectivity index (χ3v) is 2.66. The van der Waals surface area contributed by atoms with Crippen LogP contribution >= 0.6 is 0 Å². The van der Waals surface area contributed by atoms with Gasteiger partial charge in [-0.25, -0.2) is 9.59 Å². The van der Waals surface area contributed by atoms with Gasteiger partial charge in [-0.05, 0) is 41.5 Å². The Hall–Kier alpha value is -1.34. The van der Waals surface area contributed by atoms with Gasteiger partial charge in [-0.15, -0.1) is 0 Å². The summed E-state index contributed by atoms with van der Waals surface area (Å²) in [5, 5.41) is 12.5. The molecule has 1 saturated heterocycles. The number of esters is 1. The Bertz CT molecular complexity index is 409. The molecule has 0 radical (unpaired) electrons. The number of hydrogen-bond acceptors (Lipinski definition) is 6. The Morgan fingerprint density at radius 3 is 2.05 bits per heavy atom.